The summed E-state index contributed by atoms with van der Waals surface area (Å²) in [5.41, 5.74) is 3.20. The number of nitrogens with zero attached hydrogens (tertiary/aromatic N) is 2. The summed E-state index contributed by atoms with van der Waals surface area (Å²) in [6.07, 6.45) is 0. The molecule has 0 fully saturated rings. The molecular formula is C15H15ClN4S. The molecule has 0 spiro atoms. The van der Waals surface area contributed by atoms with Gasteiger partial charge in [-0.2, -0.15) is 5.10 Å². The van der Waals surface area contributed by atoms with Gasteiger partial charge in [-0.25, -0.2) is 4.98 Å². The lowest BCUT2D eigenvalue weighted by Gasteiger charge is -2.14. The number of aromatic amines is 1. The third kappa shape index (κ3) is 3.25. The molecular weight excluding hydrogens is 304 g/mol. The van der Waals surface area contributed by atoms with E-state index in [1.54, 1.807) is 11.3 Å². The van der Waals surface area contributed by atoms with Gasteiger partial charge in [-0.05, 0) is 43.0 Å². The Morgan fingerprint density at radius 3 is 2.86 bits per heavy atom. The lowest BCUT2D eigenvalue weighted by atomic mass is 10.1. The molecule has 0 amide bonds. The van der Waals surface area contributed by atoms with Crippen molar-refractivity contribution in [1.29, 1.82) is 0 Å². The van der Waals surface area contributed by atoms with Gasteiger partial charge in [0, 0.05) is 17.3 Å². The van der Waals surface area contributed by atoms with E-state index in [1.807, 2.05) is 37.3 Å². The fourth-order valence-corrected chi connectivity index (χ4v) is 3.09. The first kappa shape index (κ1) is 14.1. The van der Waals surface area contributed by atoms with E-state index in [2.05, 4.69) is 32.8 Å². The minimum Gasteiger partial charge on any atom is -0.378 e. The zero-order chi connectivity index (χ0) is 14.8. The number of aryl methyl sites for hydroxylation is 1. The highest BCUT2D eigenvalue weighted by Gasteiger charge is 2.09. The van der Waals surface area contributed by atoms with Gasteiger partial charge in [0.25, 0.3) is 0 Å². The molecule has 0 aliphatic heterocycles. The molecule has 1 aromatic carbocycles. The maximum atomic E-state index is 5.99. The number of hydrogen-bond donors (Lipinski definition) is 2. The second kappa shape index (κ2) is 5.87. The number of hydrogen-bond acceptors (Lipinski definition) is 4. The largest absolute Gasteiger partial charge is 0.378 e. The van der Waals surface area contributed by atoms with Crippen molar-refractivity contribution in [2.45, 2.75) is 19.9 Å². The first-order valence-corrected chi connectivity index (χ1v) is 7.87. The third-order valence-corrected chi connectivity index (χ3v) is 4.30. The van der Waals surface area contributed by atoms with E-state index >= 15 is 0 Å². The normalized spacial score (nSPS) is 12.3. The second-order valence-electron chi connectivity index (χ2n) is 4.88. The molecule has 108 valence electrons. The summed E-state index contributed by atoms with van der Waals surface area (Å²) in [4.78, 5) is 4.35. The fourth-order valence-electron chi connectivity index (χ4n) is 2.10. The van der Waals surface area contributed by atoms with Crippen LogP contribution in [0.2, 0.25) is 4.34 Å². The lowest BCUT2D eigenvalue weighted by Crippen LogP contribution is -2.05. The Bertz CT molecular complexity index is 749. The highest BCUT2D eigenvalue weighted by atomic mass is 35.5. The molecule has 0 saturated carbocycles. The van der Waals surface area contributed by atoms with E-state index in [1.165, 1.54) is 5.56 Å². The summed E-state index contributed by atoms with van der Waals surface area (Å²) in [6, 6.07) is 10.3. The number of aromatic nitrogens is 3. The van der Waals surface area contributed by atoms with Crippen molar-refractivity contribution in [2.75, 3.05) is 5.32 Å². The van der Waals surface area contributed by atoms with Crippen molar-refractivity contribution in [2.24, 2.45) is 0 Å². The summed E-state index contributed by atoms with van der Waals surface area (Å²) < 4.78 is 0.809. The summed E-state index contributed by atoms with van der Waals surface area (Å²) >= 11 is 7.53. The van der Waals surface area contributed by atoms with Crippen LogP contribution in [0.1, 0.15) is 24.4 Å². The van der Waals surface area contributed by atoms with Crippen LogP contribution in [0.4, 0.5) is 5.69 Å². The molecule has 0 aliphatic carbocycles. The number of benzene rings is 1. The molecule has 1 atom stereocenters. The van der Waals surface area contributed by atoms with Gasteiger partial charge in [-0.3, -0.25) is 5.10 Å². The number of anilines is 1. The molecule has 3 rings (SSSR count). The van der Waals surface area contributed by atoms with Crippen molar-refractivity contribution in [3.05, 3.63) is 51.4 Å². The van der Waals surface area contributed by atoms with Crippen molar-refractivity contribution < 1.29 is 0 Å². The van der Waals surface area contributed by atoms with E-state index in [0.717, 1.165) is 21.4 Å². The number of halogens is 1. The smallest absolute Gasteiger partial charge is 0.181 e. The fraction of sp³-hybridized carbons (Fsp3) is 0.200. The van der Waals surface area contributed by atoms with Gasteiger partial charge in [0.2, 0.25) is 0 Å². The lowest BCUT2D eigenvalue weighted by molar-refractivity contribution is 0.891. The molecule has 21 heavy (non-hydrogen) atoms. The van der Waals surface area contributed by atoms with Crippen LogP contribution in [0.25, 0.3) is 11.4 Å². The van der Waals surface area contributed by atoms with Crippen LogP contribution in [-0.2, 0) is 0 Å². The maximum Gasteiger partial charge on any atom is 0.181 e. The van der Waals surface area contributed by atoms with Crippen LogP contribution in [0.3, 0.4) is 0 Å². The van der Waals surface area contributed by atoms with E-state index < -0.39 is 0 Å². The Morgan fingerprint density at radius 2 is 2.19 bits per heavy atom. The van der Waals surface area contributed by atoms with E-state index in [4.69, 9.17) is 11.6 Å². The number of H-pyrrole nitrogens is 1. The van der Waals surface area contributed by atoms with Crippen LogP contribution in [0.5, 0.6) is 0 Å². The molecule has 2 aromatic heterocycles. The number of thiophene rings is 1. The first-order chi connectivity index (χ1) is 10.1. The quantitative estimate of drug-likeness (QED) is 0.735. The Labute approximate surface area is 132 Å². The minimum atomic E-state index is 0.192. The highest BCUT2D eigenvalue weighted by molar-refractivity contribution is 7.14. The molecule has 2 heterocycles. The van der Waals surface area contributed by atoms with Crippen LogP contribution in [0, 0.1) is 6.92 Å². The Balaban J connectivity index is 1.80. The summed E-state index contributed by atoms with van der Waals surface area (Å²) in [5.74, 6) is 1.52. The summed E-state index contributed by atoms with van der Waals surface area (Å²) in [5, 5.41) is 12.6. The van der Waals surface area contributed by atoms with Gasteiger partial charge < -0.3 is 5.32 Å². The maximum absolute atomic E-state index is 5.99. The van der Waals surface area contributed by atoms with Crippen LogP contribution in [0.15, 0.2) is 35.7 Å². The van der Waals surface area contributed by atoms with Gasteiger partial charge in [0.05, 0.1) is 4.34 Å². The van der Waals surface area contributed by atoms with Crippen LogP contribution < -0.4 is 5.32 Å². The molecule has 1 unspecified atom stereocenters. The SMILES string of the molecule is Cc1nc(-c2cccc(NC(C)c3csc(Cl)c3)c2)n[nH]1. The zero-order valence-electron chi connectivity index (χ0n) is 11.7. The van der Waals surface area contributed by atoms with Gasteiger partial charge in [0.1, 0.15) is 5.82 Å². The van der Waals surface area contributed by atoms with E-state index in [9.17, 15) is 0 Å². The average Bonchev–Trinajstić information content (AvgIpc) is 3.08. The van der Waals surface area contributed by atoms with Crippen LogP contribution in [-0.4, -0.2) is 15.2 Å². The van der Waals surface area contributed by atoms with Crippen LogP contribution >= 0.6 is 22.9 Å². The third-order valence-electron chi connectivity index (χ3n) is 3.19. The van der Waals surface area contributed by atoms with Crippen molar-refractivity contribution in [3.63, 3.8) is 0 Å². The van der Waals surface area contributed by atoms with E-state index in [-0.39, 0.29) is 6.04 Å². The Hall–Kier alpha value is -1.85. The molecule has 0 bridgehead atoms. The summed E-state index contributed by atoms with van der Waals surface area (Å²) in [6.45, 7) is 4.00. The molecule has 2 N–H and O–H groups in total. The molecule has 6 heteroatoms. The molecule has 3 aromatic rings. The van der Waals surface area contributed by atoms with Gasteiger partial charge in [0.15, 0.2) is 5.82 Å². The molecule has 0 saturated heterocycles. The standard InChI is InChI=1S/C15H15ClN4S/c1-9(12-7-14(16)21-8-12)17-13-5-3-4-11(6-13)15-18-10(2)19-20-15/h3-9,17H,1-2H3,(H,18,19,20). The Morgan fingerprint density at radius 1 is 1.33 bits per heavy atom. The minimum absolute atomic E-state index is 0.192. The van der Waals surface area contributed by atoms with Gasteiger partial charge >= 0.3 is 0 Å². The van der Waals surface area contributed by atoms with E-state index in [0.29, 0.717) is 5.82 Å². The monoisotopic (exact) mass is 318 g/mol. The van der Waals surface area contributed by atoms with Crippen molar-refractivity contribution in [1.82, 2.24) is 15.2 Å². The topological polar surface area (TPSA) is 53.6 Å². The molecule has 0 aliphatic rings. The van der Waals surface area contributed by atoms with Crippen molar-refractivity contribution >= 4 is 28.6 Å². The van der Waals surface area contributed by atoms with Gasteiger partial charge in [-0.15, -0.1) is 11.3 Å². The predicted octanol–water partition coefficient (Wildman–Crippen LogP) is 4.67. The highest BCUT2D eigenvalue weighted by Crippen LogP contribution is 2.28. The summed E-state index contributed by atoms with van der Waals surface area (Å²) in [7, 11) is 0. The first-order valence-electron chi connectivity index (χ1n) is 6.62. The molecule has 4 nitrogen and oxygen atoms in total. The van der Waals surface area contributed by atoms with Crippen molar-refractivity contribution in [3.8, 4) is 11.4 Å². The number of rotatable bonds is 4. The van der Waals surface area contributed by atoms with Gasteiger partial charge in [-0.1, -0.05) is 23.7 Å². The Kier molecular flexibility index (Phi) is 3.94. The predicted molar refractivity (Wildman–Crippen MR) is 87.9 cm³/mol. The number of nitrogens with one attached hydrogen (secondary N) is 2. The second-order valence-corrected chi connectivity index (χ2v) is 6.42. The molecule has 0 radical (unpaired) electrons. The average molecular weight is 319 g/mol. The zero-order valence-corrected chi connectivity index (χ0v) is 13.3.